The highest BCUT2D eigenvalue weighted by Gasteiger charge is 2.41. The Morgan fingerprint density at radius 2 is 2.31 bits per heavy atom. The summed E-state index contributed by atoms with van der Waals surface area (Å²) >= 11 is 0. The second-order valence-electron chi connectivity index (χ2n) is 4.26. The summed E-state index contributed by atoms with van der Waals surface area (Å²) in [4.78, 5) is 7.82. The zero-order valence-electron chi connectivity index (χ0n) is 8.52. The molecule has 0 spiro atoms. The molecule has 1 aromatic rings. The van der Waals surface area contributed by atoms with E-state index >= 15 is 0 Å². The highest BCUT2D eigenvalue weighted by molar-refractivity contribution is 5.19. The quantitative estimate of drug-likeness (QED) is 0.742. The van der Waals surface area contributed by atoms with Crippen LogP contribution >= 0.6 is 0 Å². The molecule has 1 aliphatic carbocycles. The zero-order valence-corrected chi connectivity index (χ0v) is 8.52. The number of H-pyrrole nitrogens is 1. The third-order valence-electron chi connectivity index (χ3n) is 3.07. The van der Waals surface area contributed by atoms with Crippen molar-refractivity contribution < 1.29 is 0 Å². The van der Waals surface area contributed by atoms with Gasteiger partial charge in [-0.25, -0.2) is 4.98 Å². The maximum absolute atomic E-state index is 4.42. The van der Waals surface area contributed by atoms with E-state index in [2.05, 4.69) is 29.1 Å². The lowest BCUT2D eigenvalue weighted by Crippen LogP contribution is -2.13. The van der Waals surface area contributed by atoms with Crippen LogP contribution in [0.1, 0.15) is 44.2 Å². The number of rotatable bonds is 3. The van der Waals surface area contributed by atoms with Gasteiger partial charge in [0.15, 0.2) is 0 Å². The maximum atomic E-state index is 4.42. The van der Waals surface area contributed by atoms with Gasteiger partial charge in [-0.3, -0.25) is 0 Å². The first-order chi connectivity index (χ1) is 6.15. The average Bonchev–Trinajstić information content (AvgIpc) is 2.72. The van der Waals surface area contributed by atoms with Crippen LogP contribution in [-0.2, 0) is 5.41 Å². The third-order valence-corrected chi connectivity index (χ3v) is 3.07. The molecule has 72 valence electrons. The first kappa shape index (κ1) is 8.75. The molecule has 1 saturated carbocycles. The summed E-state index contributed by atoms with van der Waals surface area (Å²) in [6, 6.07) is 0.364. The topological polar surface area (TPSA) is 40.7 Å². The van der Waals surface area contributed by atoms with Crippen LogP contribution in [0.3, 0.4) is 0 Å². The van der Waals surface area contributed by atoms with Crippen LogP contribution in [0.2, 0.25) is 0 Å². The molecular formula is C10H17N3. The van der Waals surface area contributed by atoms with Crippen molar-refractivity contribution >= 4 is 0 Å². The van der Waals surface area contributed by atoms with Gasteiger partial charge in [0.25, 0.3) is 0 Å². The van der Waals surface area contributed by atoms with Crippen molar-refractivity contribution in [2.24, 2.45) is 0 Å². The summed E-state index contributed by atoms with van der Waals surface area (Å²) in [5.74, 6) is 1.16. The van der Waals surface area contributed by atoms with Crippen LogP contribution in [0, 0.1) is 0 Å². The van der Waals surface area contributed by atoms with Crippen LogP contribution in [0.25, 0.3) is 0 Å². The van der Waals surface area contributed by atoms with Gasteiger partial charge in [-0.15, -0.1) is 0 Å². The molecule has 3 nitrogen and oxygen atoms in total. The second kappa shape index (κ2) is 2.84. The minimum Gasteiger partial charge on any atom is -0.344 e. The molecule has 0 bridgehead atoms. The lowest BCUT2D eigenvalue weighted by Gasteiger charge is -2.07. The standard InChI is InChI=1S/C10H17N3/c1-7(11-3)8-6-12-9(13-8)10(2)4-5-10/h6-7,11H,4-5H2,1-3H3,(H,12,13). The van der Waals surface area contributed by atoms with E-state index in [1.54, 1.807) is 0 Å². The predicted molar refractivity (Wildman–Crippen MR) is 52.6 cm³/mol. The lowest BCUT2D eigenvalue weighted by molar-refractivity contribution is 0.629. The van der Waals surface area contributed by atoms with Crippen molar-refractivity contribution in [2.45, 2.75) is 38.1 Å². The number of hydrogen-bond acceptors (Lipinski definition) is 2. The minimum absolute atomic E-state index is 0.353. The first-order valence-electron chi connectivity index (χ1n) is 4.88. The van der Waals surface area contributed by atoms with Crippen molar-refractivity contribution in [3.63, 3.8) is 0 Å². The first-order valence-corrected chi connectivity index (χ1v) is 4.88. The summed E-state index contributed by atoms with van der Waals surface area (Å²) in [5.41, 5.74) is 1.54. The van der Waals surface area contributed by atoms with Gasteiger partial charge in [0.05, 0.1) is 5.69 Å². The normalized spacial score (nSPS) is 21.5. The molecule has 0 aliphatic heterocycles. The molecule has 1 heterocycles. The summed E-state index contributed by atoms with van der Waals surface area (Å²) in [5, 5.41) is 3.20. The molecule has 2 rings (SSSR count). The van der Waals surface area contributed by atoms with E-state index in [1.165, 1.54) is 18.5 Å². The van der Waals surface area contributed by atoms with E-state index in [-0.39, 0.29) is 0 Å². The van der Waals surface area contributed by atoms with Crippen molar-refractivity contribution in [1.82, 2.24) is 15.3 Å². The molecule has 1 aromatic heterocycles. The smallest absolute Gasteiger partial charge is 0.112 e. The fourth-order valence-corrected chi connectivity index (χ4v) is 1.44. The van der Waals surface area contributed by atoms with E-state index in [0.717, 1.165) is 5.82 Å². The van der Waals surface area contributed by atoms with E-state index in [9.17, 15) is 0 Å². The summed E-state index contributed by atoms with van der Waals surface area (Å²) in [6.07, 6.45) is 4.49. The molecule has 0 aromatic carbocycles. The van der Waals surface area contributed by atoms with E-state index in [4.69, 9.17) is 0 Å². The fourth-order valence-electron chi connectivity index (χ4n) is 1.44. The Balaban J connectivity index is 2.18. The lowest BCUT2D eigenvalue weighted by atomic mass is 10.1. The van der Waals surface area contributed by atoms with Gasteiger partial charge in [-0.2, -0.15) is 0 Å². The highest BCUT2D eigenvalue weighted by Crippen LogP contribution is 2.46. The largest absolute Gasteiger partial charge is 0.344 e. The molecule has 0 amide bonds. The van der Waals surface area contributed by atoms with Crippen LogP contribution in [-0.4, -0.2) is 17.0 Å². The Labute approximate surface area is 79.0 Å². The monoisotopic (exact) mass is 179 g/mol. The molecule has 1 unspecified atom stereocenters. The molecule has 13 heavy (non-hydrogen) atoms. The van der Waals surface area contributed by atoms with Gasteiger partial charge < -0.3 is 10.3 Å². The fraction of sp³-hybridized carbons (Fsp3) is 0.700. The molecule has 1 aliphatic rings. The van der Waals surface area contributed by atoms with Crippen molar-refractivity contribution in [3.8, 4) is 0 Å². The summed E-state index contributed by atoms with van der Waals surface area (Å²) < 4.78 is 0. The van der Waals surface area contributed by atoms with Crippen LogP contribution in [0.5, 0.6) is 0 Å². The van der Waals surface area contributed by atoms with Crippen LogP contribution in [0.4, 0.5) is 0 Å². The number of aromatic amines is 1. The van der Waals surface area contributed by atoms with Crippen molar-refractivity contribution in [2.75, 3.05) is 7.05 Å². The number of hydrogen-bond donors (Lipinski definition) is 2. The number of aromatic nitrogens is 2. The van der Waals surface area contributed by atoms with Crippen LogP contribution in [0.15, 0.2) is 6.20 Å². The Kier molecular flexibility index (Phi) is 1.91. The molecule has 0 radical (unpaired) electrons. The van der Waals surface area contributed by atoms with Gasteiger partial charge in [0.1, 0.15) is 5.82 Å². The summed E-state index contributed by atoms with van der Waals surface area (Å²) in [6.45, 7) is 4.40. The molecular weight excluding hydrogens is 162 g/mol. The SMILES string of the molecule is CNC(C)c1cnc(C2(C)CC2)[nH]1. The molecule has 1 atom stereocenters. The Morgan fingerprint density at radius 1 is 1.62 bits per heavy atom. The van der Waals surface area contributed by atoms with E-state index < -0.39 is 0 Å². The maximum Gasteiger partial charge on any atom is 0.112 e. The van der Waals surface area contributed by atoms with Gasteiger partial charge in [0.2, 0.25) is 0 Å². The number of imidazole rings is 1. The number of nitrogens with zero attached hydrogens (tertiary/aromatic N) is 1. The second-order valence-corrected chi connectivity index (χ2v) is 4.26. The molecule has 1 fully saturated rings. The third kappa shape index (κ3) is 1.48. The van der Waals surface area contributed by atoms with Crippen LogP contribution < -0.4 is 5.32 Å². The van der Waals surface area contributed by atoms with Gasteiger partial charge in [-0.05, 0) is 26.8 Å². The van der Waals surface area contributed by atoms with Gasteiger partial charge in [0, 0.05) is 17.7 Å². The van der Waals surface area contributed by atoms with Crippen molar-refractivity contribution in [3.05, 3.63) is 17.7 Å². The minimum atomic E-state index is 0.353. The highest BCUT2D eigenvalue weighted by atomic mass is 15.0. The predicted octanol–water partition coefficient (Wildman–Crippen LogP) is 1.74. The Bertz CT molecular complexity index is 299. The molecule has 2 N–H and O–H groups in total. The van der Waals surface area contributed by atoms with E-state index in [0.29, 0.717) is 11.5 Å². The Hall–Kier alpha value is -0.830. The molecule has 3 heteroatoms. The Morgan fingerprint density at radius 3 is 2.85 bits per heavy atom. The van der Waals surface area contributed by atoms with Gasteiger partial charge >= 0.3 is 0 Å². The van der Waals surface area contributed by atoms with E-state index in [1.807, 2.05) is 13.2 Å². The van der Waals surface area contributed by atoms with Gasteiger partial charge in [-0.1, -0.05) is 6.92 Å². The molecule has 0 saturated heterocycles. The summed E-state index contributed by atoms with van der Waals surface area (Å²) in [7, 11) is 1.96. The average molecular weight is 179 g/mol. The van der Waals surface area contributed by atoms with Crippen molar-refractivity contribution in [1.29, 1.82) is 0 Å². The number of nitrogens with one attached hydrogen (secondary N) is 2. The zero-order chi connectivity index (χ0) is 9.47.